The first-order valence-corrected chi connectivity index (χ1v) is 11.8. The molecular weight excluding hydrogens is 489 g/mol. The second kappa shape index (κ2) is 10.9. The van der Waals surface area contributed by atoms with Crippen molar-refractivity contribution in [1.29, 1.82) is 0 Å². The maximum absolute atomic E-state index is 13.3. The summed E-state index contributed by atoms with van der Waals surface area (Å²) in [4.78, 5) is 26.1. The summed E-state index contributed by atoms with van der Waals surface area (Å²) in [5, 5.41) is 5.69. The number of carbonyl (C=O) groups is 2. The van der Waals surface area contributed by atoms with Crippen LogP contribution in [0.25, 0.3) is 0 Å². The summed E-state index contributed by atoms with van der Waals surface area (Å²) in [5.41, 5.74) is 5.48. The molecule has 1 aliphatic rings. The summed E-state index contributed by atoms with van der Waals surface area (Å²) in [7, 11) is 1.59. The van der Waals surface area contributed by atoms with Gasteiger partial charge in [0.15, 0.2) is 0 Å². The van der Waals surface area contributed by atoms with Crippen LogP contribution >= 0.6 is 23.2 Å². The molecule has 7 nitrogen and oxygen atoms in total. The Bertz CT molecular complexity index is 1230. The molecule has 3 aromatic carbocycles. The average molecular weight is 514 g/mol. The van der Waals surface area contributed by atoms with Gasteiger partial charge in [0.05, 0.1) is 19.3 Å². The van der Waals surface area contributed by atoms with Gasteiger partial charge in [-0.3, -0.25) is 15.0 Å². The summed E-state index contributed by atoms with van der Waals surface area (Å²) < 4.78 is 11.0. The van der Waals surface area contributed by atoms with E-state index >= 15 is 0 Å². The van der Waals surface area contributed by atoms with Crippen molar-refractivity contribution in [2.24, 2.45) is 0 Å². The Morgan fingerprint density at radius 1 is 1.06 bits per heavy atom. The molecule has 0 radical (unpaired) electrons. The van der Waals surface area contributed by atoms with Crippen LogP contribution in [0.1, 0.15) is 40.5 Å². The van der Waals surface area contributed by atoms with Gasteiger partial charge in [-0.25, -0.2) is 5.01 Å². The van der Waals surface area contributed by atoms with Crippen LogP contribution in [0, 0.1) is 6.92 Å². The van der Waals surface area contributed by atoms with E-state index in [2.05, 4.69) is 10.7 Å². The Balaban J connectivity index is 1.45. The highest BCUT2D eigenvalue weighted by Crippen LogP contribution is 2.34. The van der Waals surface area contributed by atoms with Crippen LogP contribution in [0.15, 0.2) is 60.7 Å². The lowest BCUT2D eigenvalue weighted by atomic mass is 10.0. The topological polar surface area (TPSA) is 79.9 Å². The number of ether oxygens (including phenoxy) is 2. The van der Waals surface area contributed by atoms with Gasteiger partial charge in [-0.15, -0.1) is 0 Å². The zero-order valence-corrected chi connectivity index (χ0v) is 20.8. The van der Waals surface area contributed by atoms with Crippen molar-refractivity contribution in [3.05, 3.63) is 87.4 Å². The van der Waals surface area contributed by atoms with Gasteiger partial charge in [0.1, 0.15) is 17.7 Å². The van der Waals surface area contributed by atoms with E-state index in [1.807, 2.05) is 25.1 Å². The molecule has 9 heteroatoms. The first kappa shape index (κ1) is 24.7. The van der Waals surface area contributed by atoms with Gasteiger partial charge in [-0.1, -0.05) is 35.3 Å². The van der Waals surface area contributed by atoms with Gasteiger partial charge in [0.2, 0.25) is 5.91 Å². The molecule has 1 unspecified atom stereocenters. The van der Waals surface area contributed by atoms with Crippen LogP contribution in [0.2, 0.25) is 10.0 Å². The van der Waals surface area contributed by atoms with Crippen molar-refractivity contribution < 1.29 is 19.1 Å². The summed E-state index contributed by atoms with van der Waals surface area (Å²) in [6.07, 6.45) is 0.0339. The van der Waals surface area contributed by atoms with Crippen molar-refractivity contribution in [2.75, 3.05) is 19.0 Å². The minimum Gasteiger partial charge on any atom is -0.497 e. The number of methoxy groups -OCH3 is 1. The van der Waals surface area contributed by atoms with E-state index in [-0.39, 0.29) is 18.2 Å². The normalized spacial score (nSPS) is 14.7. The number of hydrogen-bond acceptors (Lipinski definition) is 5. The van der Waals surface area contributed by atoms with Gasteiger partial charge < -0.3 is 14.8 Å². The molecule has 0 aliphatic carbocycles. The van der Waals surface area contributed by atoms with Crippen LogP contribution in [0.5, 0.6) is 11.5 Å². The number of anilines is 1. The van der Waals surface area contributed by atoms with E-state index < -0.39 is 6.17 Å². The van der Waals surface area contributed by atoms with Gasteiger partial charge in [0.25, 0.3) is 5.91 Å². The van der Waals surface area contributed by atoms with Crippen molar-refractivity contribution in [1.82, 2.24) is 10.4 Å². The Kier molecular flexibility index (Phi) is 7.68. The number of rotatable bonds is 8. The number of amides is 2. The molecule has 0 spiro atoms. The molecule has 0 bridgehead atoms. The summed E-state index contributed by atoms with van der Waals surface area (Å²) in [6.45, 7) is 2.26. The molecule has 1 atom stereocenters. The number of benzene rings is 3. The third kappa shape index (κ3) is 5.81. The first-order valence-electron chi connectivity index (χ1n) is 11.1. The molecule has 0 fully saturated rings. The molecular formula is C26H25Cl2N3O4. The van der Waals surface area contributed by atoms with Crippen molar-refractivity contribution in [3.8, 4) is 11.5 Å². The Morgan fingerprint density at radius 2 is 1.77 bits per heavy atom. The van der Waals surface area contributed by atoms with E-state index in [1.165, 1.54) is 5.01 Å². The molecule has 35 heavy (non-hydrogen) atoms. The first-order chi connectivity index (χ1) is 16.9. The number of hydrazine groups is 1. The third-order valence-corrected chi connectivity index (χ3v) is 6.07. The quantitative estimate of drug-likeness (QED) is 0.374. The fraction of sp³-hybridized carbons (Fsp3) is 0.231. The third-order valence-electron chi connectivity index (χ3n) is 5.60. The molecule has 2 amide bonds. The second-order valence-corrected chi connectivity index (χ2v) is 8.95. The number of halogens is 2. The van der Waals surface area contributed by atoms with E-state index in [0.717, 1.165) is 16.9 Å². The summed E-state index contributed by atoms with van der Waals surface area (Å²) in [5.74, 6) is 0.747. The van der Waals surface area contributed by atoms with Crippen LogP contribution in [0.4, 0.5) is 5.69 Å². The number of hydrogen-bond donors (Lipinski definition) is 2. The van der Waals surface area contributed by atoms with Crippen molar-refractivity contribution in [3.63, 3.8) is 0 Å². The predicted molar refractivity (Wildman–Crippen MR) is 136 cm³/mol. The molecule has 0 saturated heterocycles. The fourth-order valence-corrected chi connectivity index (χ4v) is 4.19. The van der Waals surface area contributed by atoms with E-state index in [4.69, 9.17) is 32.7 Å². The van der Waals surface area contributed by atoms with E-state index in [9.17, 15) is 9.59 Å². The van der Waals surface area contributed by atoms with Gasteiger partial charge in [0, 0.05) is 22.2 Å². The average Bonchev–Trinajstić information content (AvgIpc) is 2.85. The highest BCUT2D eigenvalue weighted by atomic mass is 35.5. The van der Waals surface area contributed by atoms with Crippen LogP contribution in [-0.4, -0.2) is 30.5 Å². The lowest BCUT2D eigenvalue weighted by molar-refractivity contribution is -0.126. The molecule has 4 rings (SSSR count). The van der Waals surface area contributed by atoms with Crippen LogP contribution in [0.3, 0.4) is 0 Å². The summed E-state index contributed by atoms with van der Waals surface area (Å²) >= 11 is 12.1. The van der Waals surface area contributed by atoms with Crippen molar-refractivity contribution >= 4 is 40.7 Å². The fourth-order valence-electron chi connectivity index (χ4n) is 3.79. The largest absolute Gasteiger partial charge is 0.497 e. The number of aryl methyl sites for hydroxylation is 1. The molecule has 3 aromatic rings. The molecule has 2 N–H and O–H groups in total. The maximum atomic E-state index is 13.3. The minimum atomic E-state index is -0.612. The SMILES string of the molecule is COc1ccc(C2Nc3ccc(Cl)cc3C(=O)N2NC(=O)CCCOc2ccc(Cl)cc2C)cc1. The van der Waals surface area contributed by atoms with E-state index in [1.54, 1.807) is 49.6 Å². The lowest BCUT2D eigenvalue weighted by Gasteiger charge is -2.38. The van der Waals surface area contributed by atoms with Gasteiger partial charge in [-0.2, -0.15) is 0 Å². The number of nitrogens with zero attached hydrogens (tertiary/aromatic N) is 1. The highest BCUT2D eigenvalue weighted by Gasteiger charge is 2.34. The number of carbonyl (C=O) groups excluding carboxylic acids is 2. The lowest BCUT2D eigenvalue weighted by Crippen LogP contribution is -2.52. The zero-order valence-electron chi connectivity index (χ0n) is 19.3. The van der Waals surface area contributed by atoms with Crippen LogP contribution in [-0.2, 0) is 4.79 Å². The molecule has 1 aliphatic heterocycles. The van der Waals surface area contributed by atoms with E-state index in [0.29, 0.717) is 40.1 Å². The highest BCUT2D eigenvalue weighted by molar-refractivity contribution is 6.31. The van der Waals surface area contributed by atoms with Gasteiger partial charge in [-0.05, 0) is 73.0 Å². The number of nitrogens with one attached hydrogen (secondary N) is 2. The Morgan fingerprint density at radius 3 is 2.49 bits per heavy atom. The zero-order chi connectivity index (χ0) is 24.9. The minimum absolute atomic E-state index is 0.175. The molecule has 182 valence electrons. The number of fused-ring (bicyclic) bond motifs is 1. The predicted octanol–water partition coefficient (Wildman–Crippen LogP) is 5.77. The molecule has 1 heterocycles. The van der Waals surface area contributed by atoms with Crippen LogP contribution < -0.4 is 20.2 Å². The molecule has 0 saturated carbocycles. The standard InChI is InChI=1S/C26H25Cl2N3O4/c1-16-14-18(27)8-12-23(16)35-13-3-4-24(32)30-31-25(17-5-9-20(34-2)10-6-17)29-22-11-7-19(28)15-21(22)26(31)33/h5-12,14-15,25,29H,3-4,13H2,1-2H3,(H,30,32). The molecule has 0 aromatic heterocycles. The Labute approximate surface area is 213 Å². The maximum Gasteiger partial charge on any atom is 0.276 e. The Hall–Kier alpha value is -3.42. The van der Waals surface area contributed by atoms with Gasteiger partial charge >= 0.3 is 0 Å². The smallest absolute Gasteiger partial charge is 0.276 e. The summed E-state index contributed by atoms with van der Waals surface area (Å²) in [6, 6.07) is 17.7. The van der Waals surface area contributed by atoms with Crippen molar-refractivity contribution in [2.45, 2.75) is 25.9 Å². The second-order valence-electron chi connectivity index (χ2n) is 8.08. The monoisotopic (exact) mass is 513 g/mol.